The van der Waals surface area contributed by atoms with Gasteiger partial charge >= 0.3 is 6.16 Å². The molecule has 0 aliphatic heterocycles. The van der Waals surface area contributed by atoms with Crippen molar-refractivity contribution in [3.63, 3.8) is 0 Å². The van der Waals surface area contributed by atoms with Crippen LogP contribution in [0, 0.1) is 0 Å². The van der Waals surface area contributed by atoms with E-state index in [1.165, 1.54) is 6.92 Å². The molecule has 0 aliphatic rings. The van der Waals surface area contributed by atoms with E-state index in [1.54, 1.807) is 6.92 Å². The van der Waals surface area contributed by atoms with Gasteiger partial charge in [-0.15, -0.1) is 0 Å². The number of benzene rings is 1. The van der Waals surface area contributed by atoms with Gasteiger partial charge in [0.15, 0.2) is 6.29 Å². The second-order valence-corrected chi connectivity index (χ2v) is 3.36. The molecule has 0 aromatic heterocycles. The van der Waals surface area contributed by atoms with Gasteiger partial charge in [-0.2, -0.15) is 0 Å². The molecule has 0 fully saturated rings. The van der Waals surface area contributed by atoms with E-state index in [1.807, 2.05) is 30.3 Å². The molecule has 1 aromatic rings. The van der Waals surface area contributed by atoms with Gasteiger partial charge in [0, 0.05) is 0 Å². The summed E-state index contributed by atoms with van der Waals surface area (Å²) in [5.41, 5.74) is 0.912. The van der Waals surface area contributed by atoms with Crippen LogP contribution in [0.4, 0.5) is 4.79 Å². The van der Waals surface area contributed by atoms with E-state index in [4.69, 9.17) is 4.74 Å². The Labute approximate surface area is 99.0 Å². The Morgan fingerprint density at radius 1 is 1.35 bits per heavy atom. The topological polar surface area (TPSA) is 65.0 Å². The molecule has 0 amide bonds. The molecule has 0 saturated carbocycles. The van der Waals surface area contributed by atoms with Crippen molar-refractivity contribution in [2.75, 3.05) is 0 Å². The SMILES string of the molecule is C/C(C=O)=N\OC(=O)OC(C)c1ccccc1. The summed E-state index contributed by atoms with van der Waals surface area (Å²) in [7, 11) is 0. The van der Waals surface area contributed by atoms with Crippen molar-refractivity contribution in [1.82, 2.24) is 0 Å². The fraction of sp³-hybridized carbons (Fsp3) is 0.250. The standard InChI is InChI=1S/C12H13NO4/c1-9(8-14)13-17-12(15)16-10(2)11-6-4-3-5-7-11/h3-8,10H,1-2H3/b13-9+. The quantitative estimate of drug-likeness (QED) is 0.264. The molecular formula is C12H13NO4. The zero-order valence-corrected chi connectivity index (χ0v) is 9.62. The predicted molar refractivity (Wildman–Crippen MR) is 61.6 cm³/mol. The van der Waals surface area contributed by atoms with Crippen LogP contribution in [0.2, 0.25) is 0 Å². The third-order valence-corrected chi connectivity index (χ3v) is 1.98. The lowest BCUT2D eigenvalue weighted by molar-refractivity contribution is -0.102. The zero-order valence-electron chi connectivity index (χ0n) is 9.62. The third kappa shape index (κ3) is 4.46. The van der Waals surface area contributed by atoms with Gasteiger partial charge in [-0.3, -0.25) is 9.63 Å². The average molecular weight is 235 g/mol. The summed E-state index contributed by atoms with van der Waals surface area (Å²) >= 11 is 0. The Kier molecular flexibility index (Phi) is 4.87. The second-order valence-electron chi connectivity index (χ2n) is 3.36. The highest BCUT2D eigenvalue weighted by molar-refractivity contribution is 6.26. The number of hydrogen-bond acceptors (Lipinski definition) is 5. The van der Waals surface area contributed by atoms with Crippen molar-refractivity contribution < 1.29 is 19.2 Å². The van der Waals surface area contributed by atoms with Gasteiger partial charge in [0.1, 0.15) is 11.8 Å². The molecule has 0 spiro atoms. The number of carbonyl (C=O) groups excluding carboxylic acids is 2. The first-order valence-electron chi connectivity index (χ1n) is 5.06. The molecule has 5 nitrogen and oxygen atoms in total. The number of ether oxygens (including phenoxy) is 1. The highest BCUT2D eigenvalue weighted by Crippen LogP contribution is 2.16. The normalized spacial score (nSPS) is 12.7. The van der Waals surface area contributed by atoms with E-state index in [0.29, 0.717) is 6.29 Å². The third-order valence-electron chi connectivity index (χ3n) is 1.98. The minimum Gasteiger partial charge on any atom is -0.425 e. The molecule has 0 heterocycles. The van der Waals surface area contributed by atoms with Gasteiger partial charge in [0.25, 0.3) is 0 Å². The number of aldehydes is 1. The Morgan fingerprint density at radius 2 is 2.00 bits per heavy atom. The van der Waals surface area contributed by atoms with Crippen LogP contribution in [0.25, 0.3) is 0 Å². The molecule has 1 aromatic carbocycles. The first-order valence-corrected chi connectivity index (χ1v) is 5.06. The molecule has 0 saturated heterocycles. The summed E-state index contributed by atoms with van der Waals surface area (Å²) < 4.78 is 4.95. The second kappa shape index (κ2) is 6.42. The van der Waals surface area contributed by atoms with Crippen LogP contribution in [0.1, 0.15) is 25.5 Å². The summed E-state index contributed by atoms with van der Waals surface area (Å²) in [4.78, 5) is 25.8. The van der Waals surface area contributed by atoms with Gasteiger partial charge in [-0.05, 0) is 19.4 Å². The van der Waals surface area contributed by atoms with Gasteiger partial charge in [-0.25, -0.2) is 4.79 Å². The van der Waals surface area contributed by atoms with Crippen LogP contribution in [0.3, 0.4) is 0 Å². The maximum Gasteiger partial charge on any atom is 0.535 e. The Balaban J connectivity index is 2.49. The first-order chi connectivity index (χ1) is 8.13. The summed E-state index contributed by atoms with van der Waals surface area (Å²) in [5, 5.41) is 3.26. The molecular weight excluding hydrogens is 222 g/mol. The molecule has 0 aliphatic carbocycles. The maximum absolute atomic E-state index is 11.2. The van der Waals surface area contributed by atoms with Crippen molar-refractivity contribution >= 4 is 18.2 Å². The van der Waals surface area contributed by atoms with E-state index < -0.39 is 12.3 Å². The Bertz CT molecular complexity index is 414. The van der Waals surface area contributed by atoms with E-state index in [2.05, 4.69) is 9.99 Å². The first kappa shape index (κ1) is 12.9. The Morgan fingerprint density at radius 3 is 2.59 bits per heavy atom. The minimum absolute atomic E-state index is 0.0642. The van der Waals surface area contributed by atoms with Gasteiger partial charge < -0.3 is 4.74 Å². The van der Waals surface area contributed by atoms with Crippen LogP contribution in [0.5, 0.6) is 0 Å². The number of rotatable bonds is 4. The van der Waals surface area contributed by atoms with Crippen LogP contribution in [-0.4, -0.2) is 18.2 Å². The smallest absolute Gasteiger partial charge is 0.425 e. The zero-order chi connectivity index (χ0) is 12.7. The van der Waals surface area contributed by atoms with Crippen LogP contribution in [-0.2, 0) is 14.4 Å². The number of nitrogens with zero attached hydrogens (tertiary/aromatic N) is 1. The summed E-state index contributed by atoms with van der Waals surface area (Å²) in [6, 6.07) is 9.21. The summed E-state index contributed by atoms with van der Waals surface area (Å²) in [6.45, 7) is 3.13. The number of hydrogen-bond donors (Lipinski definition) is 0. The molecule has 1 rings (SSSR count). The van der Waals surface area contributed by atoms with E-state index in [0.717, 1.165) is 5.56 Å². The minimum atomic E-state index is -0.942. The van der Waals surface area contributed by atoms with Gasteiger partial charge in [0.05, 0.1) is 0 Å². The van der Waals surface area contributed by atoms with Crippen molar-refractivity contribution in [2.24, 2.45) is 5.16 Å². The lowest BCUT2D eigenvalue weighted by Gasteiger charge is -2.11. The molecule has 0 bridgehead atoms. The van der Waals surface area contributed by atoms with Crippen molar-refractivity contribution in [3.8, 4) is 0 Å². The molecule has 5 heteroatoms. The maximum atomic E-state index is 11.2. The molecule has 1 unspecified atom stereocenters. The highest BCUT2D eigenvalue weighted by atomic mass is 16.8. The Hall–Kier alpha value is -2.17. The largest absolute Gasteiger partial charge is 0.535 e. The average Bonchev–Trinajstić information content (AvgIpc) is 2.36. The van der Waals surface area contributed by atoms with Crippen LogP contribution in [0.15, 0.2) is 35.5 Å². The fourth-order valence-electron chi connectivity index (χ4n) is 1.09. The summed E-state index contributed by atoms with van der Waals surface area (Å²) in [6.07, 6.45) is -0.897. The predicted octanol–water partition coefficient (Wildman–Crippen LogP) is 2.48. The van der Waals surface area contributed by atoms with Crippen LogP contribution < -0.4 is 0 Å². The number of carbonyl (C=O) groups is 2. The lowest BCUT2D eigenvalue weighted by Crippen LogP contribution is -2.09. The molecule has 0 N–H and O–H groups in total. The van der Waals surface area contributed by atoms with Crippen molar-refractivity contribution in [1.29, 1.82) is 0 Å². The molecule has 17 heavy (non-hydrogen) atoms. The van der Waals surface area contributed by atoms with Crippen molar-refractivity contribution in [3.05, 3.63) is 35.9 Å². The summed E-state index contributed by atoms with van der Waals surface area (Å²) in [5.74, 6) is 0. The van der Waals surface area contributed by atoms with Crippen LogP contribution >= 0.6 is 0 Å². The monoisotopic (exact) mass is 235 g/mol. The molecule has 0 radical (unpaired) electrons. The fourth-order valence-corrected chi connectivity index (χ4v) is 1.09. The lowest BCUT2D eigenvalue weighted by atomic mass is 10.1. The highest BCUT2D eigenvalue weighted by Gasteiger charge is 2.12. The van der Waals surface area contributed by atoms with E-state index >= 15 is 0 Å². The van der Waals surface area contributed by atoms with Gasteiger partial charge in [-0.1, -0.05) is 35.5 Å². The van der Waals surface area contributed by atoms with Crippen molar-refractivity contribution in [2.45, 2.75) is 20.0 Å². The van der Waals surface area contributed by atoms with E-state index in [9.17, 15) is 9.59 Å². The van der Waals surface area contributed by atoms with Gasteiger partial charge in [0.2, 0.25) is 0 Å². The molecule has 1 atom stereocenters. The number of oxime groups is 1. The van der Waals surface area contributed by atoms with E-state index in [-0.39, 0.29) is 5.71 Å². The molecule has 90 valence electrons.